The van der Waals surface area contributed by atoms with Gasteiger partial charge >= 0.3 is 5.97 Å². The first-order chi connectivity index (χ1) is 9.15. The number of carbonyl (C=O) groups is 1. The molecule has 0 saturated carbocycles. The van der Waals surface area contributed by atoms with Gasteiger partial charge in [-0.1, -0.05) is 5.21 Å². The summed E-state index contributed by atoms with van der Waals surface area (Å²) in [5.74, 6) is 0.345. The summed E-state index contributed by atoms with van der Waals surface area (Å²) in [6, 6.07) is 0. The maximum absolute atomic E-state index is 11.6. The van der Waals surface area contributed by atoms with Crippen LogP contribution in [0.25, 0.3) is 0 Å². The van der Waals surface area contributed by atoms with Crippen molar-refractivity contribution < 1.29 is 13.9 Å². The Morgan fingerprint density at radius 3 is 2.79 bits per heavy atom. The van der Waals surface area contributed by atoms with Gasteiger partial charge in [0.05, 0.1) is 18.2 Å². The fourth-order valence-corrected chi connectivity index (χ4v) is 1.74. The Hall–Kier alpha value is -1.96. The molecule has 0 unspecified atom stereocenters. The fourth-order valence-electron chi connectivity index (χ4n) is 1.48. The van der Waals surface area contributed by atoms with Crippen molar-refractivity contribution >= 4 is 17.6 Å². The van der Waals surface area contributed by atoms with Gasteiger partial charge in [0.2, 0.25) is 11.8 Å². The van der Waals surface area contributed by atoms with Gasteiger partial charge in [0, 0.05) is 6.92 Å². The molecule has 0 aromatic carbocycles. The molecule has 2 rings (SSSR count). The van der Waals surface area contributed by atoms with Gasteiger partial charge < -0.3 is 9.15 Å². The number of aromatic nitrogens is 5. The molecule has 0 atom stereocenters. The smallest absolute Gasteiger partial charge is 0.360 e. The number of hydrogen-bond acceptors (Lipinski definition) is 7. The van der Waals surface area contributed by atoms with E-state index in [-0.39, 0.29) is 24.7 Å². The van der Waals surface area contributed by atoms with Gasteiger partial charge in [-0.2, -0.15) is 0 Å². The van der Waals surface area contributed by atoms with E-state index >= 15 is 0 Å². The van der Waals surface area contributed by atoms with Crippen molar-refractivity contribution in [3.63, 3.8) is 0 Å². The number of aryl methyl sites for hydroxylation is 1. The molecule has 0 N–H and O–H groups in total. The van der Waals surface area contributed by atoms with Crippen LogP contribution in [0.5, 0.6) is 0 Å². The number of ether oxygens (including phenoxy) is 1. The zero-order valence-corrected chi connectivity index (χ0v) is 11.2. The Morgan fingerprint density at radius 2 is 2.21 bits per heavy atom. The quantitative estimate of drug-likeness (QED) is 0.595. The van der Waals surface area contributed by atoms with E-state index in [0.717, 1.165) is 0 Å². The summed E-state index contributed by atoms with van der Waals surface area (Å²) < 4.78 is 11.5. The van der Waals surface area contributed by atoms with Crippen molar-refractivity contribution in [2.75, 3.05) is 6.61 Å². The van der Waals surface area contributed by atoms with Crippen LogP contribution in [0.3, 0.4) is 0 Å². The first-order valence-corrected chi connectivity index (χ1v) is 6.13. The molecule has 0 bridgehead atoms. The van der Waals surface area contributed by atoms with Gasteiger partial charge in [0.15, 0.2) is 5.69 Å². The summed E-state index contributed by atoms with van der Waals surface area (Å²) >= 11 is 5.82. The Balaban J connectivity index is 2.24. The average Bonchev–Trinajstić information content (AvgIpc) is 2.96. The lowest BCUT2D eigenvalue weighted by Gasteiger charge is -2.02. The lowest BCUT2D eigenvalue weighted by Crippen LogP contribution is -2.10. The van der Waals surface area contributed by atoms with E-state index in [1.165, 1.54) is 4.68 Å². The first kappa shape index (κ1) is 13.5. The van der Waals surface area contributed by atoms with Crippen molar-refractivity contribution in [2.45, 2.75) is 26.3 Å². The zero-order valence-electron chi connectivity index (χ0n) is 10.5. The Kier molecular flexibility index (Phi) is 4.10. The minimum absolute atomic E-state index is 0.0776. The number of alkyl halides is 1. The van der Waals surface area contributed by atoms with Gasteiger partial charge in [-0.3, -0.25) is 0 Å². The third-order valence-corrected chi connectivity index (χ3v) is 2.54. The number of halogens is 1. The highest BCUT2D eigenvalue weighted by Gasteiger charge is 2.21. The van der Waals surface area contributed by atoms with Crippen LogP contribution in [-0.4, -0.2) is 37.8 Å². The lowest BCUT2D eigenvalue weighted by atomic mass is 10.3. The summed E-state index contributed by atoms with van der Waals surface area (Å²) in [6.07, 6.45) is 0. The van der Waals surface area contributed by atoms with Gasteiger partial charge in [-0.25, -0.2) is 9.48 Å². The predicted octanol–water partition coefficient (Wildman–Crippen LogP) is 0.933. The number of carbonyl (C=O) groups excluding carboxylic acids is 1. The molecule has 0 spiro atoms. The minimum Gasteiger partial charge on any atom is -0.461 e. The van der Waals surface area contributed by atoms with Gasteiger partial charge in [-0.05, 0) is 6.92 Å². The fraction of sp³-hybridized carbons (Fsp3) is 0.500. The van der Waals surface area contributed by atoms with E-state index in [4.69, 9.17) is 20.8 Å². The highest BCUT2D eigenvalue weighted by atomic mass is 35.5. The van der Waals surface area contributed by atoms with Crippen LogP contribution < -0.4 is 0 Å². The molecule has 0 aliphatic carbocycles. The van der Waals surface area contributed by atoms with Crippen molar-refractivity contribution in [2.24, 2.45) is 0 Å². The predicted molar refractivity (Wildman–Crippen MR) is 63.7 cm³/mol. The largest absolute Gasteiger partial charge is 0.461 e. The van der Waals surface area contributed by atoms with Gasteiger partial charge in [0.1, 0.15) is 6.54 Å². The molecule has 8 nitrogen and oxygen atoms in total. The number of nitrogens with zero attached hydrogens (tertiary/aromatic N) is 5. The topological polar surface area (TPSA) is 95.9 Å². The second-order valence-corrected chi connectivity index (χ2v) is 3.88. The summed E-state index contributed by atoms with van der Waals surface area (Å²) in [5, 5.41) is 15.2. The second-order valence-electron chi connectivity index (χ2n) is 3.61. The highest BCUT2D eigenvalue weighted by Crippen LogP contribution is 2.12. The third kappa shape index (κ3) is 2.90. The molecule has 2 heterocycles. The molecule has 0 saturated heterocycles. The third-order valence-electron chi connectivity index (χ3n) is 2.29. The molecule has 19 heavy (non-hydrogen) atoms. The van der Waals surface area contributed by atoms with Crippen LogP contribution in [0.4, 0.5) is 0 Å². The Bertz CT molecular complexity index is 579. The normalized spacial score (nSPS) is 10.7. The van der Waals surface area contributed by atoms with E-state index < -0.39 is 5.97 Å². The Morgan fingerprint density at radius 1 is 1.42 bits per heavy atom. The van der Waals surface area contributed by atoms with Crippen molar-refractivity contribution in [1.29, 1.82) is 0 Å². The van der Waals surface area contributed by atoms with E-state index in [2.05, 4.69) is 20.5 Å². The van der Waals surface area contributed by atoms with Crippen molar-refractivity contribution in [3.8, 4) is 0 Å². The molecule has 0 amide bonds. The van der Waals surface area contributed by atoms with Crippen LogP contribution in [-0.2, 0) is 17.2 Å². The maximum atomic E-state index is 11.6. The second kappa shape index (κ2) is 5.79. The zero-order chi connectivity index (χ0) is 13.8. The summed E-state index contributed by atoms with van der Waals surface area (Å²) in [5.41, 5.74) is 0.559. The number of rotatable bonds is 5. The molecule has 0 aliphatic heterocycles. The van der Waals surface area contributed by atoms with Crippen LogP contribution in [0, 0.1) is 6.92 Å². The molecule has 102 valence electrons. The Labute approximate surface area is 113 Å². The molecule has 0 aliphatic rings. The van der Waals surface area contributed by atoms with Crippen molar-refractivity contribution in [1.82, 2.24) is 25.2 Å². The van der Waals surface area contributed by atoms with Crippen LogP contribution in [0.1, 0.15) is 34.9 Å². The monoisotopic (exact) mass is 285 g/mol. The minimum atomic E-state index is -0.550. The molecular formula is C10H12ClN5O3. The average molecular weight is 286 g/mol. The van der Waals surface area contributed by atoms with E-state index in [1.54, 1.807) is 13.8 Å². The molecule has 9 heteroatoms. The van der Waals surface area contributed by atoms with Crippen LogP contribution >= 0.6 is 11.6 Å². The molecular weight excluding hydrogens is 274 g/mol. The van der Waals surface area contributed by atoms with Gasteiger partial charge in [-0.15, -0.1) is 26.9 Å². The summed E-state index contributed by atoms with van der Waals surface area (Å²) in [6.45, 7) is 3.86. The molecule has 2 aromatic rings. The molecule has 0 radical (unpaired) electrons. The van der Waals surface area contributed by atoms with Crippen LogP contribution in [0.2, 0.25) is 0 Å². The van der Waals surface area contributed by atoms with E-state index in [0.29, 0.717) is 17.5 Å². The summed E-state index contributed by atoms with van der Waals surface area (Å²) in [7, 11) is 0. The summed E-state index contributed by atoms with van der Waals surface area (Å²) in [4.78, 5) is 11.6. The number of esters is 1. The SMILES string of the molecule is CCOC(=O)c1nnn(Cc2nnc(C)o2)c1CCl. The van der Waals surface area contributed by atoms with Gasteiger partial charge in [0.25, 0.3) is 0 Å². The lowest BCUT2D eigenvalue weighted by molar-refractivity contribution is 0.0518. The van der Waals surface area contributed by atoms with E-state index in [1.807, 2.05) is 0 Å². The maximum Gasteiger partial charge on any atom is 0.360 e. The highest BCUT2D eigenvalue weighted by molar-refractivity contribution is 6.17. The molecule has 0 fully saturated rings. The van der Waals surface area contributed by atoms with Crippen LogP contribution in [0.15, 0.2) is 4.42 Å². The standard InChI is InChI=1S/C10H12ClN5O3/c1-3-18-10(17)9-7(4-11)16(15-14-9)5-8-13-12-6(2)19-8/h3-5H2,1-2H3. The van der Waals surface area contributed by atoms with E-state index in [9.17, 15) is 4.79 Å². The molecule has 2 aromatic heterocycles. The first-order valence-electron chi connectivity index (χ1n) is 5.60. The number of hydrogen-bond donors (Lipinski definition) is 0. The van der Waals surface area contributed by atoms with Crippen molar-refractivity contribution in [3.05, 3.63) is 23.2 Å².